The number of hydrogen-bond acceptors (Lipinski definition) is 7. The number of halogens is 2. The lowest BCUT2D eigenvalue weighted by Crippen LogP contribution is -2.51. The number of thiophene rings is 1. The second kappa shape index (κ2) is 10.8. The third kappa shape index (κ3) is 5.20. The van der Waals surface area contributed by atoms with Crippen LogP contribution in [0.15, 0.2) is 84.2 Å². The molecule has 8 nitrogen and oxygen atoms in total. The summed E-state index contributed by atoms with van der Waals surface area (Å²) in [7, 11) is 0. The topological polar surface area (TPSA) is 101 Å². The van der Waals surface area contributed by atoms with E-state index < -0.39 is 36.0 Å². The Kier molecular flexibility index (Phi) is 7.30. The molecule has 0 saturated carbocycles. The number of amides is 3. The van der Waals surface area contributed by atoms with Gasteiger partial charge in [0.2, 0.25) is 0 Å². The van der Waals surface area contributed by atoms with Crippen LogP contribution in [0.5, 0.6) is 5.75 Å². The minimum atomic E-state index is -0.846. The van der Waals surface area contributed by atoms with E-state index in [1.807, 2.05) is 0 Å². The van der Waals surface area contributed by atoms with Gasteiger partial charge in [0.1, 0.15) is 17.2 Å². The third-order valence-electron chi connectivity index (χ3n) is 5.81. The summed E-state index contributed by atoms with van der Waals surface area (Å²) < 4.78 is 5.31. The molecule has 39 heavy (non-hydrogen) atoms. The van der Waals surface area contributed by atoms with Gasteiger partial charge in [-0.05, 0) is 66.0 Å². The van der Waals surface area contributed by atoms with Gasteiger partial charge in [-0.1, -0.05) is 41.4 Å². The summed E-state index contributed by atoms with van der Waals surface area (Å²) in [5, 5.41) is 3.43. The molecule has 0 fully saturated rings. The van der Waals surface area contributed by atoms with Crippen LogP contribution in [0.3, 0.4) is 0 Å². The van der Waals surface area contributed by atoms with Crippen molar-refractivity contribution in [2.24, 2.45) is 0 Å². The number of benzene rings is 3. The van der Waals surface area contributed by atoms with E-state index in [4.69, 9.17) is 27.9 Å². The van der Waals surface area contributed by atoms with E-state index >= 15 is 0 Å². The molecule has 3 aromatic carbocycles. The fourth-order valence-corrected chi connectivity index (χ4v) is 5.01. The van der Waals surface area contributed by atoms with Crippen molar-refractivity contribution >= 4 is 64.0 Å². The molecular formula is C28H16Cl2N2O6S. The number of hydrogen-bond donors (Lipinski definition) is 0. The summed E-state index contributed by atoms with van der Waals surface area (Å²) in [6.45, 7) is -0.655. The first-order valence-corrected chi connectivity index (χ1v) is 13.0. The predicted octanol–water partition coefficient (Wildman–Crippen LogP) is 5.81. The van der Waals surface area contributed by atoms with Gasteiger partial charge < -0.3 is 4.74 Å². The van der Waals surface area contributed by atoms with Crippen LogP contribution in [0, 0.1) is 0 Å². The average molecular weight is 579 g/mol. The van der Waals surface area contributed by atoms with Gasteiger partial charge in [0, 0.05) is 10.6 Å². The molecule has 0 atom stereocenters. The quantitative estimate of drug-likeness (QED) is 0.119. The molecule has 2 heterocycles. The summed E-state index contributed by atoms with van der Waals surface area (Å²) in [5.41, 5.74) is 0.308. The second-order valence-corrected chi connectivity index (χ2v) is 10.1. The van der Waals surface area contributed by atoms with Crippen molar-refractivity contribution in [3.8, 4) is 5.75 Å². The highest BCUT2D eigenvalue weighted by Crippen LogP contribution is 2.28. The van der Waals surface area contributed by atoms with Crippen molar-refractivity contribution in [1.82, 2.24) is 10.0 Å². The van der Waals surface area contributed by atoms with Gasteiger partial charge in [0.25, 0.3) is 17.7 Å². The zero-order valence-corrected chi connectivity index (χ0v) is 22.1. The smallest absolute Gasteiger partial charge is 0.353 e. The van der Waals surface area contributed by atoms with Crippen LogP contribution < -0.4 is 4.74 Å². The van der Waals surface area contributed by atoms with Gasteiger partial charge in [-0.15, -0.1) is 11.3 Å². The van der Waals surface area contributed by atoms with Crippen LogP contribution in [0.1, 0.15) is 51.1 Å². The highest BCUT2D eigenvalue weighted by Gasteiger charge is 2.42. The maximum Gasteiger partial charge on any atom is 0.353 e. The van der Waals surface area contributed by atoms with E-state index in [9.17, 15) is 24.0 Å². The molecule has 5 rings (SSSR count). The lowest BCUT2D eigenvalue weighted by atomic mass is 10.1. The SMILES string of the molecule is O=C(CN(C(=O)c1ccc(Cl)cc1Cl)N1C(=O)c2ccccc2C1=O)c1ccc(OC(=O)c2cccs2)cc1. The van der Waals surface area contributed by atoms with Crippen molar-refractivity contribution < 1.29 is 28.7 Å². The molecule has 4 aromatic rings. The number of ketones is 1. The number of carbonyl (C=O) groups excluding carboxylic acids is 5. The fraction of sp³-hybridized carbons (Fsp3) is 0.0357. The van der Waals surface area contributed by atoms with Gasteiger partial charge in [0.15, 0.2) is 5.78 Å². The molecule has 0 saturated heterocycles. The van der Waals surface area contributed by atoms with Crippen molar-refractivity contribution in [3.63, 3.8) is 0 Å². The lowest BCUT2D eigenvalue weighted by molar-refractivity contribution is 0.00531. The zero-order valence-electron chi connectivity index (χ0n) is 19.8. The number of imide groups is 1. The van der Waals surface area contributed by atoms with Crippen LogP contribution in [0.2, 0.25) is 10.0 Å². The normalized spacial score (nSPS) is 12.3. The number of nitrogens with zero attached hydrogens (tertiary/aromatic N) is 2. The predicted molar refractivity (Wildman–Crippen MR) is 144 cm³/mol. The number of rotatable bonds is 7. The largest absolute Gasteiger partial charge is 0.422 e. The standard InChI is InChI=1S/C28H16Cl2N2O6S/c29-17-9-12-21(22(30)14-17)25(34)31(32-26(35)19-4-1-2-5-20(19)27(32)36)15-23(33)16-7-10-18(11-8-16)38-28(37)24-6-3-13-39-24/h1-14H,15H2. The van der Waals surface area contributed by atoms with Gasteiger partial charge in [-0.25, -0.2) is 9.80 Å². The second-order valence-electron chi connectivity index (χ2n) is 8.27. The summed E-state index contributed by atoms with van der Waals surface area (Å²) in [6.07, 6.45) is 0. The van der Waals surface area contributed by atoms with Gasteiger partial charge in [-0.2, -0.15) is 5.01 Å². The van der Waals surface area contributed by atoms with Crippen molar-refractivity contribution in [2.45, 2.75) is 0 Å². The Labute approximate surface area is 235 Å². The molecule has 0 spiro atoms. The van der Waals surface area contributed by atoms with Crippen molar-refractivity contribution in [3.05, 3.63) is 121 Å². The number of carbonyl (C=O) groups is 5. The lowest BCUT2D eigenvalue weighted by Gasteiger charge is -2.29. The molecular weight excluding hydrogens is 563 g/mol. The van der Waals surface area contributed by atoms with Crippen LogP contribution in [0.4, 0.5) is 0 Å². The molecule has 0 unspecified atom stereocenters. The van der Waals surface area contributed by atoms with E-state index in [2.05, 4.69) is 0 Å². The number of Topliss-reactive ketones (excluding diaryl/α,β-unsaturated/α-hetero) is 1. The molecule has 0 N–H and O–H groups in total. The van der Waals surface area contributed by atoms with Crippen LogP contribution in [-0.2, 0) is 0 Å². The van der Waals surface area contributed by atoms with Crippen molar-refractivity contribution in [2.75, 3.05) is 6.54 Å². The van der Waals surface area contributed by atoms with Gasteiger partial charge >= 0.3 is 5.97 Å². The summed E-state index contributed by atoms with van der Waals surface area (Å²) >= 11 is 13.4. The maximum atomic E-state index is 13.6. The van der Waals surface area contributed by atoms with Crippen molar-refractivity contribution in [1.29, 1.82) is 0 Å². The number of hydrazine groups is 1. The molecule has 1 aromatic heterocycles. The highest BCUT2D eigenvalue weighted by molar-refractivity contribution is 7.12. The summed E-state index contributed by atoms with van der Waals surface area (Å²) in [4.78, 5) is 65.9. The zero-order chi connectivity index (χ0) is 27.7. The Morgan fingerprint density at radius 3 is 2.10 bits per heavy atom. The number of esters is 1. The van der Waals surface area contributed by atoms with E-state index in [0.717, 1.165) is 5.01 Å². The summed E-state index contributed by atoms with van der Waals surface area (Å²) in [5.74, 6) is -3.25. The molecule has 3 amide bonds. The molecule has 0 aliphatic carbocycles. The highest BCUT2D eigenvalue weighted by atomic mass is 35.5. The summed E-state index contributed by atoms with van der Waals surface area (Å²) in [6, 6.07) is 19.3. The molecule has 0 bridgehead atoms. The minimum Gasteiger partial charge on any atom is -0.422 e. The Hall–Kier alpha value is -4.31. The van der Waals surface area contributed by atoms with Crippen LogP contribution in [0.25, 0.3) is 0 Å². The van der Waals surface area contributed by atoms with Crippen LogP contribution in [-0.4, -0.2) is 46.0 Å². The van der Waals surface area contributed by atoms with E-state index in [1.165, 1.54) is 65.9 Å². The number of ether oxygens (including phenoxy) is 1. The monoisotopic (exact) mass is 578 g/mol. The molecule has 194 valence electrons. The molecule has 0 radical (unpaired) electrons. The van der Waals surface area contributed by atoms with E-state index in [1.54, 1.807) is 29.6 Å². The molecule has 1 aliphatic heterocycles. The van der Waals surface area contributed by atoms with Gasteiger partial charge in [-0.3, -0.25) is 19.2 Å². The minimum absolute atomic E-state index is 0.0153. The number of fused-ring (bicyclic) bond motifs is 1. The molecule has 1 aliphatic rings. The first-order chi connectivity index (χ1) is 18.7. The Balaban J connectivity index is 1.43. The molecule has 11 heteroatoms. The first-order valence-electron chi connectivity index (χ1n) is 11.4. The maximum absolute atomic E-state index is 13.6. The van der Waals surface area contributed by atoms with E-state index in [-0.39, 0.29) is 38.0 Å². The Morgan fingerprint density at radius 1 is 0.846 bits per heavy atom. The fourth-order valence-electron chi connectivity index (χ4n) is 3.92. The Bertz CT molecular complexity index is 1600. The Morgan fingerprint density at radius 2 is 1.51 bits per heavy atom. The first kappa shape index (κ1) is 26.3. The van der Waals surface area contributed by atoms with E-state index in [0.29, 0.717) is 9.89 Å². The van der Waals surface area contributed by atoms with Crippen LogP contribution >= 0.6 is 34.5 Å². The van der Waals surface area contributed by atoms with Gasteiger partial charge in [0.05, 0.1) is 21.7 Å². The average Bonchev–Trinajstić information content (AvgIpc) is 3.55. The third-order valence-corrected chi connectivity index (χ3v) is 7.21.